The smallest absolute Gasteiger partial charge is 0.306 e. The lowest BCUT2D eigenvalue weighted by Crippen LogP contribution is -2.71. The Balaban J connectivity index is 1.50. The molecule has 5 fully saturated rings. The molecular weight excluding hydrogens is 537 g/mol. The van der Waals surface area contributed by atoms with E-state index in [1.54, 1.807) is 12.1 Å². The minimum Gasteiger partial charge on any atom is -0.463 e. The molecule has 4 saturated carbocycles. The number of carbonyl (C=O) groups excluding carboxylic acids is 3. The summed E-state index contributed by atoms with van der Waals surface area (Å²) in [5, 5.41) is 3.79. The van der Waals surface area contributed by atoms with Crippen LogP contribution in [0.1, 0.15) is 86.0 Å². The van der Waals surface area contributed by atoms with Gasteiger partial charge in [-0.3, -0.25) is 14.4 Å². The Labute approximate surface area is 248 Å². The Morgan fingerprint density at radius 3 is 2.36 bits per heavy atom. The van der Waals surface area contributed by atoms with Crippen molar-refractivity contribution in [3.05, 3.63) is 30.1 Å². The van der Waals surface area contributed by atoms with Gasteiger partial charge < -0.3 is 19.5 Å². The lowest BCUT2D eigenvalue weighted by molar-refractivity contribution is -0.231. The molecule has 42 heavy (non-hydrogen) atoms. The second-order valence-corrected chi connectivity index (χ2v) is 14.5. The molecule has 7 nitrogen and oxygen atoms in total. The van der Waals surface area contributed by atoms with Crippen LogP contribution in [0, 0.1) is 52.2 Å². The number of esters is 3. The quantitative estimate of drug-likeness (QED) is 0.329. The van der Waals surface area contributed by atoms with Gasteiger partial charge in [-0.2, -0.15) is 0 Å². The zero-order valence-electron chi connectivity index (χ0n) is 25.6. The number of benzene rings is 1. The molecular formula is C34H46FNO6. The van der Waals surface area contributed by atoms with Crippen molar-refractivity contribution in [3.8, 4) is 0 Å². The Morgan fingerprint density at radius 2 is 1.67 bits per heavy atom. The summed E-state index contributed by atoms with van der Waals surface area (Å²) in [6.45, 7) is 9.90. The zero-order chi connectivity index (χ0) is 30.0. The maximum Gasteiger partial charge on any atom is 0.306 e. The fraction of sp³-hybridized carbons (Fsp3) is 0.735. The number of carbonyl (C=O) groups is 3. The van der Waals surface area contributed by atoms with Crippen molar-refractivity contribution in [2.45, 2.75) is 110 Å². The third-order valence-corrected chi connectivity index (χ3v) is 12.4. The highest BCUT2D eigenvalue weighted by molar-refractivity contribution is 5.70. The molecule has 230 valence electrons. The number of rotatable bonds is 4. The predicted molar refractivity (Wildman–Crippen MR) is 155 cm³/mol. The summed E-state index contributed by atoms with van der Waals surface area (Å²) < 4.78 is 32.5. The van der Waals surface area contributed by atoms with Gasteiger partial charge >= 0.3 is 17.9 Å². The molecule has 1 aliphatic heterocycles. The van der Waals surface area contributed by atoms with Gasteiger partial charge in [0.2, 0.25) is 0 Å². The standard InChI is InChI=1S/C34H46FNO6/c1-18-6-13-28(39)42-32-31(36-23-9-7-22(35)8-10-23)30-29(26-12-11-25(18)34(26,32)5)27(41-20(3)38)17-21-16-24(40-19(2)37)14-15-33(21,30)4/h7-10,18,21,24-27,29-32,36H,6,11-17H2,1-5H3/t18-,21+,24-,25-,26+,27-,29-,30-,31-,32+,33+,34-/m1/s1. The number of halogens is 1. The molecule has 0 unspecified atom stereocenters. The van der Waals surface area contributed by atoms with Crippen LogP contribution in [0.2, 0.25) is 0 Å². The molecule has 12 atom stereocenters. The molecule has 1 saturated heterocycles. The van der Waals surface area contributed by atoms with E-state index in [1.165, 1.54) is 26.0 Å². The Kier molecular flexibility index (Phi) is 7.58. The molecule has 5 aliphatic rings. The van der Waals surface area contributed by atoms with Crippen LogP contribution in [0.4, 0.5) is 10.1 Å². The van der Waals surface area contributed by atoms with Crippen LogP contribution in [-0.2, 0) is 28.6 Å². The Morgan fingerprint density at radius 1 is 0.976 bits per heavy atom. The van der Waals surface area contributed by atoms with Crippen molar-refractivity contribution in [3.63, 3.8) is 0 Å². The summed E-state index contributed by atoms with van der Waals surface area (Å²) in [4.78, 5) is 37.8. The predicted octanol–water partition coefficient (Wildman–Crippen LogP) is 6.30. The van der Waals surface area contributed by atoms with Gasteiger partial charge in [-0.05, 0) is 104 Å². The van der Waals surface area contributed by atoms with Gasteiger partial charge in [-0.25, -0.2) is 4.39 Å². The van der Waals surface area contributed by atoms with Crippen molar-refractivity contribution in [1.29, 1.82) is 0 Å². The van der Waals surface area contributed by atoms with Gasteiger partial charge in [0.1, 0.15) is 24.1 Å². The van der Waals surface area contributed by atoms with Gasteiger partial charge in [0.15, 0.2) is 0 Å². The molecule has 1 aromatic carbocycles. The second-order valence-electron chi connectivity index (χ2n) is 14.5. The van der Waals surface area contributed by atoms with Crippen molar-refractivity contribution in [2.24, 2.45) is 46.3 Å². The first-order valence-electron chi connectivity index (χ1n) is 16.0. The first-order chi connectivity index (χ1) is 19.9. The molecule has 0 spiro atoms. The maximum absolute atomic E-state index is 14.0. The minimum absolute atomic E-state index is 0.0216. The van der Waals surface area contributed by atoms with Crippen molar-refractivity contribution in [2.75, 3.05) is 5.32 Å². The average Bonchev–Trinajstić information content (AvgIpc) is 3.27. The average molecular weight is 584 g/mol. The highest BCUT2D eigenvalue weighted by Crippen LogP contribution is 2.70. The van der Waals surface area contributed by atoms with E-state index in [0.29, 0.717) is 24.7 Å². The SMILES string of the molecule is CC(=O)O[C@@H]1CC[C@@]2(C)[C@@H](C1)C[C@@H](OC(C)=O)[C@@H]1[C@@H]2[C@@H](Nc2ccc(F)cc2)[C@@H]2OC(=O)CC[C@@H](C)[C@H]3CC[C@@H]1[C@@]32C. The van der Waals surface area contributed by atoms with Gasteiger partial charge in [0, 0.05) is 37.3 Å². The van der Waals surface area contributed by atoms with E-state index in [4.69, 9.17) is 14.2 Å². The summed E-state index contributed by atoms with van der Waals surface area (Å²) in [5.41, 5.74) is 0.312. The van der Waals surface area contributed by atoms with Crippen LogP contribution in [0.25, 0.3) is 0 Å². The molecule has 0 aromatic heterocycles. The van der Waals surface area contributed by atoms with Gasteiger partial charge in [0.25, 0.3) is 0 Å². The Hall–Kier alpha value is -2.64. The minimum atomic E-state index is -0.378. The van der Waals surface area contributed by atoms with Crippen LogP contribution >= 0.6 is 0 Å². The molecule has 0 radical (unpaired) electrons. The topological polar surface area (TPSA) is 90.9 Å². The summed E-state index contributed by atoms with van der Waals surface area (Å²) in [7, 11) is 0. The van der Waals surface area contributed by atoms with Crippen LogP contribution < -0.4 is 5.32 Å². The van der Waals surface area contributed by atoms with E-state index < -0.39 is 0 Å². The van der Waals surface area contributed by atoms with E-state index >= 15 is 0 Å². The maximum atomic E-state index is 14.0. The van der Waals surface area contributed by atoms with E-state index in [9.17, 15) is 18.8 Å². The normalized spacial score (nSPS) is 44.3. The summed E-state index contributed by atoms with van der Waals surface area (Å²) >= 11 is 0. The van der Waals surface area contributed by atoms with Crippen LogP contribution in [0.15, 0.2) is 24.3 Å². The second kappa shape index (κ2) is 10.8. The number of anilines is 1. The largest absolute Gasteiger partial charge is 0.463 e. The van der Waals surface area contributed by atoms with Crippen LogP contribution in [0.3, 0.4) is 0 Å². The fourth-order valence-corrected chi connectivity index (χ4v) is 10.7. The van der Waals surface area contributed by atoms with E-state index in [1.807, 2.05) is 0 Å². The van der Waals surface area contributed by atoms with Gasteiger partial charge in [-0.1, -0.05) is 20.8 Å². The molecule has 0 bridgehead atoms. The first kappa shape index (κ1) is 29.4. The lowest BCUT2D eigenvalue weighted by Gasteiger charge is -2.66. The Bertz CT molecular complexity index is 1220. The van der Waals surface area contributed by atoms with Crippen molar-refractivity contribution in [1.82, 2.24) is 0 Å². The molecule has 1 aromatic rings. The summed E-state index contributed by atoms with van der Waals surface area (Å²) in [6, 6.07) is 6.15. The molecule has 4 aliphatic carbocycles. The monoisotopic (exact) mass is 583 g/mol. The number of ether oxygens (including phenoxy) is 3. The summed E-state index contributed by atoms with van der Waals surface area (Å²) in [5.74, 6) is 0.215. The number of hydrogen-bond donors (Lipinski definition) is 1. The van der Waals surface area contributed by atoms with Crippen molar-refractivity contribution < 1.29 is 33.0 Å². The van der Waals surface area contributed by atoms with Gasteiger partial charge in [0.05, 0.1) is 6.04 Å². The van der Waals surface area contributed by atoms with Crippen LogP contribution in [0.5, 0.6) is 0 Å². The molecule has 6 rings (SSSR count). The van der Waals surface area contributed by atoms with E-state index in [2.05, 4.69) is 26.1 Å². The van der Waals surface area contributed by atoms with Crippen LogP contribution in [-0.4, -0.2) is 42.3 Å². The highest BCUT2D eigenvalue weighted by Gasteiger charge is 2.71. The first-order valence-corrected chi connectivity index (χ1v) is 16.0. The van der Waals surface area contributed by atoms with Crippen molar-refractivity contribution >= 4 is 23.6 Å². The number of fused-ring (bicyclic) bond motifs is 4. The highest BCUT2D eigenvalue weighted by atomic mass is 19.1. The molecule has 1 heterocycles. The number of hydrogen-bond acceptors (Lipinski definition) is 7. The molecule has 8 heteroatoms. The zero-order valence-corrected chi connectivity index (χ0v) is 25.6. The lowest BCUT2D eigenvalue weighted by atomic mass is 9.41. The molecule has 1 N–H and O–H groups in total. The van der Waals surface area contributed by atoms with Gasteiger partial charge in [-0.15, -0.1) is 0 Å². The van der Waals surface area contributed by atoms with E-state index in [0.717, 1.165) is 44.2 Å². The summed E-state index contributed by atoms with van der Waals surface area (Å²) in [6.07, 6.45) is 5.54. The molecule has 0 amide bonds. The van der Waals surface area contributed by atoms with E-state index in [-0.39, 0.29) is 82.6 Å². The number of nitrogens with one attached hydrogen (secondary N) is 1. The fourth-order valence-electron chi connectivity index (χ4n) is 10.7. The third kappa shape index (κ3) is 4.81. The third-order valence-electron chi connectivity index (χ3n) is 12.4.